The normalized spacial score (nSPS) is 16.6. The molecule has 0 radical (unpaired) electrons. The zero-order valence-corrected chi connectivity index (χ0v) is 12.9. The van der Waals surface area contributed by atoms with E-state index in [0.29, 0.717) is 12.1 Å². The van der Waals surface area contributed by atoms with Gasteiger partial charge in [-0.25, -0.2) is 9.38 Å². The largest absolute Gasteiger partial charge is 0.287 e. The maximum Gasteiger partial charge on any atom is 0.139 e. The van der Waals surface area contributed by atoms with Gasteiger partial charge in [0.05, 0.1) is 5.71 Å². The highest BCUT2D eigenvalue weighted by Crippen LogP contribution is 2.24. The molecule has 0 saturated carbocycles. The molecule has 0 saturated heterocycles. The highest BCUT2D eigenvalue weighted by molar-refractivity contribution is 5.99. The second-order valence-corrected chi connectivity index (χ2v) is 5.45. The fourth-order valence-corrected chi connectivity index (χ4v) is 2.24. The zero-order chi connectivity index (χ0) is 15.1. The minimum absolute atomic E-state index is 0.0771. The molecule has 20 heavy (non-hydrogen) atoms. The smallest absolute Gasteiger partial charge is 0.139 e. The Hall–Kier alpha value is -1.51. The van der Waals surface area contributed by atoms with Gasteiger partial charge in [-0.15, -0.1) is 0 Å². The maximum atomic E-state index is 14.6. The number of aliphatic imine (C=N–C) groups is 1. The molecule has 1 N–H and O–H groups in total. The minimum Gasteiger partial charge on any atom is -0.287 e. The van der Waals surface area contributed by atoms with Crippen LogP contribution in [-0.4, -0.2) is 17.7 Å². The van der Waals surface area contributed by atoms with Crippen molar-refractivity contribution in [3.63, 3.8) is 0 Å². The van der Waals surface area contributed by atoms with Gasteiger partial charge in [0, 0.05) is 0 Å². The highest BCUT2D eigenvalue weighted by Gasteiger charge is 2.23. The van der Waals surface area contributed by atoms with E-state index in [1.807, 2.05) is 51.1 Å². The Morgan fingerprint density at radius 1 is 1.25 bits per heavy atom. The Bertz CT molecular complexity index is 453. The van der Waals surface area contributed by atoms with E-state index in [1.54, 1.807) is 6.92 Å². The van der Waals surface area contributed by atoms with E-state index in [2.05, 4.69) is 4.99 Å². The molecular formula is C17H25FN2. The highest BCUT2D eigenvalue weighted by atomic mass is 19.1. The molecule has 2 nitrogen and oxygen atoms in total. The van der Waals surface area contributed by atoms with E-state index in [-0.39, 0.29) is 17.7 Å². The van der Waals surface area contributed by atoms with E-state index in [1.165, 1.54) is 0 Å². The summed E-state index contributed by atoms with van der Waals surface area (Å²) in [5.74, 6) is 0.398. The van der Waals surface area contributed by atoms with Gasteiger partial charge in [-0.2, -0.15) is 0 Å². The molecule has 0 heterocycles. The molecule has 0 aliphatic carbocycles. The van der Waals surface area contributed by atoms with Crippen LogP contribution in [0.2, 0.25) is 0 Å². The first-order valence-corrected chi connectivity index (χ1v) is 7.28. The summed E-state index contributed by atoms with van der Waals surface area (Å²) in [4.78, 5) is 4.12. The van der Waals surface area contributed by atoms with Gasteiger partial charge in [0.2, 0.25) is 0 Å². The summed E-state index contributed by atoms with van der Waals surface area (Å²) in [7, 11) is 0. The Morgan fingerprint density at radius 2 is 1.85 bits per heavy atom. The lowest BCUT2D eigenvalue weighted by atomic mass is 9.90. The van der Waals surface area contributed by atoms with Crippen molar-refractivity contribution in [2.45, 2.75) is 52.6 Å². The number of nitrogens with one attached hydrogen (secondary N) is 1. The lowest BCUT2D eigenvalue weighted by Crippen LogP contribution is -2.25. The molecule has 3 heteroatoms. The van der Waals surface area contributed by atoms with Gasteiger partial charge in [0.15, 0.2) is 0 Å². The van der Waals surface area contributed by atoms with Crippen LogP contribution in [0.4, 0.5) is 4.39 Å². The monoisotopic (exact) mass is 276 g/mol. The Labute approximate surface area is 121 Å². The van der Waals surface area contributed by atoms with Gasteiger partial charge in [-0.3, -0.25) is 5.41 Å². The number of hydrogen-bond acceptors (Lipinski definition) is 1. The first kappa shape index (κ1) is 16.5. The van der Waals surface area contributed by atoms with E-state index in [0.717, 1.165) is 12.0 Å². The Balaban J connectivity index is 2.81. The number of hydrogen-bond donors (Lipinski definition) is 1. The molecule has 0 aliphatic rings. The van der Waals surface area contributed by atoms with Crippen LogP contribution in [0.25, 0.3) is 0 Å². The van der Waals surface area contributed by atoms with Crippen LogP contribution in [0.1, 0.15) is 52.0 Å². The third-order valence-electron chi connectivity index (χ3n) is 3.66. The average molecular weight is 276 g/mol. The van der Waals surface area contributed by atoms with Crippen molar-refractivity contribution in [1.82, 2.24) is 0 Å². The minimum atomic E-state index is -1.08. The molecule has 0 aliphatic heterocycles. The Morgan fingerprint density at radius 3 is 2.35 bits per heavy atom. The summed E-state index contributed by atoms with van der Waals surface area (Å²) in [6, 6.07) is 9.97. The number of halogens is 1. The van der Waals surface area contributed by atoms with Crippen LogP contribution in [0.5, 0.6) is 0 Å². The summed E-state index contributed by atoms with van der Waals surface area (Å²) >= 11 is 0. The second kappa shape index (κ2) is 7.93. The number of rotatable bonds is 6. The van der Waals surface area contributed by atoms with Gasteiger partial charge < -0.3 is 0 Å². The summed E-state index contributed by atoms with van der Waals surface area (Å²) < 4.78 is 14.6. The topological polar surface area (TPSA) is 36.2 Å². The average Bonchev–Trinajstić information content (AvgIpc) is 2.44. The number of amidine groups is 1. The van der Waals surface area contributed by atoms with Gasteiger partial charge >= 0.3 is 0 Å². The zero-order valence-electron chi connectivity index (χ0n) is 12.9. The van der Waals surface area contributed by atoms with Crippen molar-refractivity contribution in [3.05, 3.63) is 35.9 Å². The van der Waals surface area contributed by atoms with Gasteiger partial charge in [0.1, 0.15) is 12.0 Å². The third kappa shape index (κ3) is 4.87. The molecule has 0 fully saturated rings. The number of benzene rings is 1. The van der Waals surface area contributed by atoms with Crippen LogP contribution in [-0.2, 0) is 0 Å². The van der Waals surface area contributed by atoms with Crippen LogP contribution in [0.3, 0.4) is 0 Å². The molecule has 0 bridgehead atoms. The summed E-state index contributed by atoms with van der Waals surface area (Å²) in [6.45, 7) is 7.62. The van der Waals surface area contributed by atoms with Crippen molar-refractivity contribution < 1.29 is 4.39 Å². The van der Waals surface area contributed by atoms with Crippen molar-refractivity contribution in [2.24, 2.45) is 10.9 Å². The van der Waals surface area contributed by atoms with Crippen LogP contribution in [0.15, 0.2) is 35.3 Å². The van der Waals surface area contributed by atoms with Crippen molar-refractivity contribution in [3.8, 4) is 0 Å². The fourth-order valence-electron chi connectivity index (χ4n) is 2.24. The molecule has 1 aromatic rings. The summed E-state index contributed by atoms with van der Waals surface area (Å²) in [5.41, 5.74) is 1.66. The predicted octanol–water partition coefficient (Wildman–Crippen LogP) is 5.00. The van der Waals surface area contributed by atoms with Crippen molar-refractivity contribution in [2.75, 3.05) is 0 Å². The third-order valence-corrected chi connectivity index (χ3v) is 3.66. The van der Waals surface area contributed by atoms with Crippen molar-refractivity contribution in [1.29, 1.82) is 5.41 Å². The fraction of sp³-hybridized carbons (Fsp3) is 0.529. The molecule has 0 aromatic heterocycles. The SMILES string of the molecule is CCC(C)C(=NC(C)=N)C(F)CC(C)c1ccccc1. The molecule has 0 amide bonds. The van der Waals surface area contributed by atoms with Gasteiger partial charge in [0.25, 0.3) is 0 Å². The number of alkyl halides is 1. The Kier molecular flexibility index (Phi) is 6.56. The van der Waals surface area contributed by atoms with E-state index < -0.39 is 6.17 Å². The lowest BCUT2D eigenvalue weighted by Gasteiger charge is -2.20. The van der Waals surface area contributed by atoms with Crippen LogP contribution in [0, 0.1) is 11.3 Å². The number of nitrogens with zero attached hydrogens (tertiary/aromatic N) is 1. The first-order chi connectivity index (χ1) is 9.45. The summed E-state index contributed by atoms with van der Waals surface area (Å²) in [6.07, 6.45) is 0.174. The standard InChI is InChI=1S/C17H25FN2/c1-5-12(2)17(20-14(4)19)16(18)11-13(3)15-9-7-6-8-10-15/h6-10,12-13,16,19H,5,11H2,1-4H3. The maximum absolute atomic E-state index is 14.6. The first-order valence-electron chi connectivity index (χ1n) is 7.28. The molecule has 3 unspecified atom stereocenters. The molecular weight excluding hydrogens is 251 g/mol. The predicted molar refractivity (Wildman–Crippen MR) is 84.7 cm³/mol. The summed E-state index contributed by atoms with van der Waals surface area (Å²) in [5, 5.41) is 7.48. The van der Waals surface area contributed by atoms with Gasteiger partial charge in [-0.1, -0.05) is 51.1 Å². The van der Waals surface area contributed by atoms with Crippen molar-refractivity contribution >= 4 is 11.5 Å². The van der Waals surface area contributed by atoms with Gasteiger partial charge in [-0.05, 0) is 37.2 Å². The lowest BCUT2D eigenvalue weighted by molar-refractivity contribution is 0.369. The van der Waals surface area contributed by atoms with Crippen LogP contribution >= 0.6 is 0 Å². The molecule has 1 rings (SSSR count). The molecule has 3 atom stereocenters. The molecule has 110 valence electrons. The van der Waals surface area contributed by atoms with E-state index >= 15 is 0 Å². The second-order valence-electron chi connectivity index (χ2n) is 5.45. The molecule has 0 spiro atoms. The molecule has 1 aromatic carbocycles. The van der Waals surface area contributed by atoms with E-state index in [9.17, 15) is 4.39 Å². The van der Waals surface area contributed by atoms with Crippen LogP contribution < -0.4 is 0 Å². The van der Waals surface area contributed by atoms with E-state index in [4.69, 9.17) is 5.41 Å². The quantitative estimate of drug-likeness (QED) is 0.560.